The molecule has 0 saturated carbocycles. The molecular formula is C14H18Cl2N2. The number of imidazole rings is 1. The van der Waals surface area contributed by atoms with Crippen LogP contribution in [0.1, 0.15) is 39.1 Å². The SMILES string of the molecule is CC(C)CC(C)n1c(CCl)nc2c(Cl)cccc21. The predicted molar refractivity (Wildman–Crippen MR) is 78.5 cm³/mol. The van der Waals surface area contributed by atoms with Gasteiger partial charge in [-0.05, 0) is 31.4 Å². The van der Waals surface area contributed by atoms with E-state index in [1.807, 2.05) is 12.1 Å². The van der Waals surface area contributed by atoms with E-state index >= 15 is 0 Å². The molecule has 0 radical (unpaired) electrons. The van der Waals surface area contributed by atoms with E-state index in [2.05, 4.69) is 36.4 Å². The maximum Gasteiger partial charge on any atom is 0.125 e. The lowest BCUT2D eigenvalue weighted by Gasteiger charge is -2.18. The predicted octanol–water partition coefficient (Wildman–Crippen LogP) is 5.04. The van der Waals surface area contributed by atoms with E-state index in [0.717, 1.165) is 23.3 Å². The Hall–Kier alpha value is -0.730. The Bertz CT molecular complexity index is 546. The summed E-state index contributed by atoms with van der Waals surface area (Å²) in [5.74, 6) is 1.95. The van der Waals surface area contributed by atoms with Gasteiger partial charge in [-0.15, -0.1) is 11.6 Å². The molecule has 0 N–H and O–H groups in total. The Kier molecular flexibility index (Phi) is 4.18. The van der Waals surface area contributed by atoms with Crippen molar-refractivity contribution in [3.63, 3.8) is 0 Å². The molecule has 4 heteroatoms. The molecule has 1 atom stereocenters. The Labute approximate surface area is 118 Å². The first-order valence-corrected chi connectivity index (χ1v) is 7.17. The van der Waals surface area contributed by atoms with Gasteiger partial charge in [0.15, 0.2) is 0 Å². The molecule has 0 aliphatic rings. The topological polar surface area (TPSA) is 17.8 Å². The van der Waals surface area contributed by atoms with Gasteiger partial charge in [-0.3, -0.25) is 0 Å². The maximum atomic E-state index is 6.19. The van der Waals surface area contributed by atoms with Crippen molar-refractivity contribution in [1.29, 1.82) is 0 Å². The zero-order valence-electron chi connectivity index (χ0n) is 11.0. The van der Waals surface area contributed by atoms with Crippen LogP contribution >= 0.6 is 23.2 Å². The lowest BCUT2D eigenvalue weighted by molar-refractivity contribution is 0.428. The van der Waals surface area contributed by atoms with Crippen LogP contribution in [0.5, 0.6) is 0 Å². The van der Waals surface area contributed by atoms with Gasteiger partial charge in [0.1, 0.15) is 11.3 Å². The first-order valence-electron chi connectivity index (χ1n) is 6.25. The molecule has 18 heavy (non-hydrogen) atoms. The fourth-order valence-corrected chi connectivity index (χ4v) is 2.91. The van der Waals surface area contributed by atoms with Crippen LogP contribution in [0.4, 0.5) is 0 Å². The van der Waals surface area contributed by atoms with E-state index in [1.165, 1.54) is 0 Å². The maximum absolute atomic E-state index is 6.19. The van der Waals surface area contributed by atoms with E-state index in [0.29, 0.717) is 22.9 Å². The molecule has 2 aromatic rings. The zero-order chi connectivity index (χ0) is 13.3. The second kappa shape index (κ2) is 5.50. The highest BCUT2D eigenvalue weighted by Crippen LogP contribution is 2.29. The van der Waals surface area contributed by atoms with E-state index in [9.17, 15) is 0 Å². The van der Waals surface area contributed by atoms with Crippen LogP contribution in [-0.2, 0) is 5.88 Å². The Morgan fingerprint density at radius 2 is 2.00 bits per heavy atom. The highest BCUT2D eigenvalue weighted by molar-refractivity contribution is 6.35. The highest BCUT2D eigenvalue weighted by atomic mass is 35.5. The number of benzene rings is 1. The molecule has 2 rings (SSSR count). The molecule has 0 spiro atoms. The van der Waals surface area contributed by atoms with Crippen molar-refractivity contribution in [2.24, 2.45) is 5.92 Å². The van der Waals surface area contributed by atoms with Crippen LogP contribution in [0.3, 0.4) is 0 Å². The molecule has 0 aliphatic carbocycles. The molecule has 0 saturated heterocycles. The summed E-state index contributed by atoms with van der Waals surface area (Å²) < 4.78 is 2.22. The second-order valence-corrected chi connectivity index (χ2v) is 5.79. The molecule has 2 nitrogen and oxygen atoms in total. The van der Waals surface area contributed by atoms with Crippen LogP contribution in [0, 0.1) is 5.92 Å². The van der Waals surface area contributed by atoms with Gasteiger partial charge in [-0.1, -0.05) is 31.5 Å². The Morgan fingerprint density at radius 3 is 2.61 bits per heavy atom. The minimum atomic E-state index is 0.377. The third kappa shape index (κ3) is 2.50. The van der Waals surface area contributed by atoms with E-state index in [1.54, 1.807) is 0 Å². The van der Waals surface area contributed by atoms with Gasteiger partial charge in [0.2, 0.25) is 0 Å². The third-order valence-electron chi connectivity index (χ3n) is 3.12. The number of para-hydroxylation sites is 1. The minimum absolute atomic E-state index is 0.377. The summed E-state index contributed by atoms with van der Waals surface area (Å²) in [6.07, 6.45) is 1.10. The molecule has 1 aromatic carbocycles. The molecule has 1 aromatic heterocycles. The Morgan fingerprint density at radius 1 is 1.28 bits per heavy atom. The van der Waals surface area contributed by atoms with Crippen LogP contribution in [-0.4, -0.2) is 9.55 Å². The summed E-state index contributed by atoms with van der Waals surface area (Å²) in [6, 6.07) is 6.26. The summed E-state index contributed by atoms with van der Waals surface area (Å²) in [5.41, 5.74) is 1.93. The summed E-state index contributed by atoms with van der Waals surface area (Å²) in [4.78, 5) is 4.56. The average Bonchev–Trinajstić information content (AvgIpc) is 2.68. The van der Waals surface area contributed by atoms with Crippen LogP contribution in [0.2, 0.25) is 5.02 Å². The lowest BCUT2D eigenvalue weighted by atomic mass is 10.0. The molecule has 0 fully saturated rings. The van der Waals surface area contributed by atoms with Gasteiger partial charge in [-0.2, -0.15) is 0 Å². The zero-order valence-corrected chi connectivity index (χ0v) is 12.5. The quantitative estimate of drug-likeness (QED) is 0.720. The largest absolute Gasteiger partial charge is 0.324 e. The standard InChI is InChI=1S/C14H18Cl2N2/c1-9(2)7-10(3)18-12-6-4-5-11(16)14(12)17-13(18)8-15/h4-6,9-10H,7-8H2,1-3H3. The van der Waals surface area contributed by atoms with Crippen molar-refractivity contribution >= 4 is 34.2 Å². The van der Waals surface area contributed by atoms with Crippen molar-refractivity contribution < 1.29 is 0 Å². The molecular weight excluding hydrogens is 267 g/mol. The van der Waals surface area contributed by atoms with Crippen molar-refractivity contribution in [3.8, 4) is 0 Å². The Balaban J connectivity index is 2.57. The van der Waals surface area contributed by atoms with Gasteiger partial charge in [0.25, 0.3) is 0 Å². The van der Waals surface area contributed by atoms with E-state index < -0.39 is 0 Å². The molecule has 0 aliphatic heterocycles. The van der Waals surface area contributed by atoms with Crippen molar-refractivity contribution in [2.45, 2.75) is 39.1 Å². The smallest absolute Gasteiger partial charge is 0.125 e. The van der Waals surface area contributed by atoms with Gasteiger partial charge in [-0.25, -0.2) is 4.98 Å². The van der Waals surface area contributed by atoms with E-state index in [4.69, 9.17) is 23.2 Å². The van der Waals surface area contributed by atoms with Crippen molar-refractivity contribution in [1.82, 2.24) is 9.55 Å². The third-order valence-corrected chi connectivity index (χ3v) is 3.66. The van der Waals surface area contributed by atoms with Crippen LogP contribution in [0.15, 0.2) is 18.2 Å². The van der Waals surface area contributed by atoms with E-state index in [-0.39, 0.29) is 0 Å². The van der Waals surface area contributed by atoms with Crippen LogP contribution < -0.4 is 0 Å². The molecule has 0 bridgehead atoms. The van der Waals surface area contributed by atoms with Crippen LogP contribution in [0.25, 0.3) is 11.0 Å². The van der Waals surface area contributed by atoms with Gasteiger partial charge < -0.3 is 4.57 Å². The number of hydrogen-bond acceptors (Lipinski definition) is 1. The molecule has 1 heterocycles. The molecule has 98 valence electrons. The van der Waals surface area contributed by atoms with Gasteiger partial charge in [0.05, 0.1) is 16.4 Å². The number of rotatable bonds is 4. The van der Waals surface area contributed by atoms with Crippen molar-refractivity contribution in [2.75, 3.05) is 0 Å². The number of nitrogens with zero attached hydrogens (tertiary/aromatic N) is 2. The number of aromatic nitrogens is 2. The second-order valence-electron chi connectivity index (χ2n) is 5.12. The molecule has 0 amide bonds. The first-order chi connectivity index (χ1) is 8.54. The summed E-state index contributed by atoms with van der Waals surface area (Å²) in [6.45, 7) is 6.66. The first kappa shape index (κ1) is 13.7. The number of halogens is 2. The summed E-state index contributed by atoms with van der Waals surface area (Å²) >= 11 is 12.2. The van der Waals surface area contributed by atoms with Crippen molar-refractivity contribution in [3.05, 3.63) is 29.0 Å². The monoisotopic (exact) mass is 284 g/mol. The van der Waals surface area contributed by atoms with Gasteiger partial charge >= 0.3 is 0 Å². The number of hydrogen-bond donors (Lipinski definition) is 0. The lowest BCUT2D eigenvalue weighted by Crippen LogP contribution is -2.10. The fourth-order valence-electron chi connectivity index (χ4n) is 2.50. The summed E-state index contributed by atoms with van der Waals surface area (Å²) in [7, 11) is 0. The highest BCUT2D eigenvalue weighted by Gasteiger charge is 2.17. The normalized spacial score (nSPS) is 13.4. The minimum Gasteiger partial charge on any atom is -0.324 e. The summed E-state index contributed by atoms with van der Waals surface area (Å²) in [5, 5.41) is 0.689. The fraction of sp³-hybridized carbons (Fsp3) is 0.500. The molecule has 1 unspecified atom stereocenters. The number of fused-ring (bicyclic) bond motifs is 1. The van der Waals surface area contributed by atoms with Gasteiger partial charge in [0, 0.05) is 6.04 Å². The number of alkyl halides is 1. The average molecular weight is 285 g/mol.